The maximum Gasteiger partial charge on any atom is 0.130 e. The van der Waals surface area contributed by atoms with Gasteiger partial charge in [0.05, 0.1) is 7.11 Å². The molecule has 0 spiro atoms. The van der Waals surface area contributed by atoms with Gasteiger partial charge in [0.1, 0.15) is 29.5 Å². The van der Waals surface area contributed by atoms with E-state index >= 15 is 0 Å². The van der Waals surface area contributed by atoms with Gasteiger partial charge in [0.15, 0.2) is 0 Å². The van der Waals surface area contributed by atoms with Gasteiger partial charge >= 0.3 is 0 Å². The maximum atomic E-state index is 6.24. The fourth-order valence-corrected chi connectivity index (χ4v) is 3.54. The third-order valence-electron chi connectivity index (χ3n) is 4.78. The fraction of sp³-hybridized carbons (Fsp3) is 0.250. The Morgan fingerprint density at radius 1 is 0.889 bits per heavy atom. The van der Waals surface area contributed by atoms with E-state index in [1.165, 1.54) is 5.56 Å². The SMILES string of the molecule is COc1cccc(-c2cc(COc3ccccc3)c3c(c2)CC(C)(C)O3)c1. The van der Waals surface area contributed by atoms with Crippen LogP contribution in [0.15, 0.2) is 66.7 Å². The lowest BCUT2D eigenvalue weighted by Crippen LogP contribution is -2.24. The van der Waals surface area contributed by atoms with Crippen molar-refractivity contribution in [2.45, 2.75) is 32.5 Å². The van der Waals surface area contributed by atoms with Crippen LogP contribution >= 0.6 is 0 Å². The molecule has 0 amide bonds. The lowest BCUT2D eigenvalue weighted by molar-refractivity contribution is 0.135. The predicted molar refractivity (Wildman–Crippen MR) is 108 cm³/mol. The zero-order valence-electron chi connectivity index (χ0n) is 16.0. The highest BCUT2D eigenvalue weighted by Crippen LogP contribution is 2.41. The van der Waals surface area contributed by atoms with E-state index in [1.807, 2.05) is 42.5 Å². The third-order valence-corrected chi connectivity index (χ3v) is 4.78. The van der Waals surface area contributed by atoms with Gasteiger partial charge in [0.2, 0.25) is 0 Å². The molecule has 0 fully saturated rings. The minimum absolute atomic E-state index is 0.198. The molecule has 3 heteroatoms. The van der Waals surface area contributed by atoms with E-state index in [-0.39, 0.29) is 5.60 Å². The highest BCUT2D eigenvalue weighted by Gasteiger charge is 2.32. The van der Waals surface area contributed by atoms with Crippen LogP contribution < -0.4 is 14.2 Å². The van der Waals surface area contributed by atoms with Crippen molar-refractivity contribution in [1.29, 1.82) is 0 Å². The second kappa shape index (κ2) is 6.99. The summed E-state index contributed by atoms with van der Waals surface area (Å²) in [5.74, 6) is 2.67. The number of fused-ring (bicyclic) bond motifs is 1. The molecule has 0 atom stereocenters. The Morgan fingerprint density at radius 2 is 1.67 bits per heavy atom. The first-order valence-electron chi connectivity index (χ1n) is 9.21. The fourth-order valence-electron chi connectivity index (χ4n) is 3.54. The summed E-state index contributed by atoms with van der Waals surface area (Å²) in [6.45, 7) is 4.72. The number of hydrogen-bond acceptors (Lipinski definition) is 3. The normalized spacial score (nSPS) is 14.3. The first kappa shape index (κ1) is 17.5. The van der Waals surface area contributed by atoms with Gasteiger partial charge in [-0.25, -0.2) is 0 Å². The van der Waals surface area contributed by atoms with Crippen LogP contribution in [-0.2, 0) is 13.0 Å². The molecule has 3 aromatic rings. The Kier molecular flexibility index (Phi) is 4.53. The Labute approximate surface area is 160 Å². The molecule has 138 valence electrons. The molecule has 0 aromatic heterocycles. The monoisotopic (exact) mass is 360 g/mol. The van der Waals surface area contributed by atoms with Crippen LogP contribution in [0.1, 0.15) is 25.0 Å². The lowest BCUT2D eigenvalue weighted by atomic mass is 9.95. The molecule has 1 aliphatic rings. The molecule has 3 aromatic carbocycles. The zero-order valence-corrected chi connectivity index (χ0v) is 16.0. The van der Waals surface area contributed by atoms with Gasteiger partial charge in [-0.2, -0.15) is 0 Å². The minimum atomic E-state index is -0.198. The summed E-state index contributed by atoms with van der Waals surface area (Å²) in [6, 6.07) is 22.4. The quantitative estimate of drug-likeness (QED) is 0.588. The van der Waals surface area contributed by atoms with Crippen molar-refractivity contribution < 1.29 is 14.2 Å². The van der Waals surface area contributed by atoms with Crippen LogP contribution in [0.5, 0.6) is 17.2 Å². The summed E-state index contributed by atoms with van der Waals surface area (Å²) in [5.41, 5.74) is 4.38. The van der Waals surface area contributed by atoms with E-state index < -0.39 is 0 Å². The number of methoxy groups -OCH3 is 1. The van der Waals surface area contributed by atoms with Crippen LogP contribution in [0.4, 0.5) is 0 Å². The smallest absolute Gasteiger partial charge is 0.130 e. The van der Waals surface area contributed by atoms with Crippen molar-refractivity contribution >= 4 is 0 Å². The van der Waals surface area contributed by atoms with Gasteiger partial charge in [0, 0.05) is 12.0 Å². The summed E-state index contributed by atoms with van der Waals surface area (Å²) in [5, 5.41) is 0. The van der Waals surface area contributed by atoms with E-state index in [0.717, 1.165) is 40.4 Å². The third kappa shape index (κ3) is 3.77. The first-order chi connectivity index (χ1) is 13.0. The second-order valence-corrected chi connectivity index (χ2v) is 7.50. The molecule has 0 unspecified atom stereocenters. The predicted octanol–water partition coefficient (Wildman–Crippen LogP) is 5.65. The minimum Gasteiger partial charge on any atom is -0.497 e. The zero-order chi connectivity index (χ0) is 18.9. The highest BCUT2D eigenvalue weighted by atomic mass is 16.5. The van der Waals surface area contributed by atoms with Gasteiger partial charge in [-0.05, 0) is 66.9 Å². The van der Waals surface area contributed by atoms with Crippen LogP contribution in [0.3, 0.4) is 0 Å². The topological polar surface area (TPSA) is 27.7 Å². The van der Waals surface area contributed by atoms with Crippen molar-refractivity contribution in [3.63, 3.8) is 0 Å². The molecule has 0 saturated heterocycles. The maximum absolute atomic E-state index is 6.24. The summed E-state index contributed by atoms with van der Waals surface area (Å²) in [6.07, 6.45) is 0.887. The van der Waals surface area contributed by atoms with E-state index in [0.29, 0.717) is 6.61 Å². The van der Waals surface area contributed by atoms with E-state index in [9.17, 15) is 0 Å². The van der Waals surface area contributed by atoms with Crippen LogP contribution in [-0.4, -0.2) is 12.7 Å². The van der Waals surface area contributed by atoms with Crippen molar-refractivity contribution in [2.24, 2.45) is 0 Å². The Morgan fingerprint density at radius 3 is 2.44 bits per heavy atom. The first-order valence-corrected chi connectivity index (χ1v) is 9.21. The number of rotatable bonds is 5. The van der Waals surface area contributed by atoms with Gasteiger partial charge in [0.25, 0.3) is 0 Å². The molecule has 0 N–H and O–H groups in total. The number of para-hydroxylation sites is 1. The Balaban J connectivity index is 1.71. The second-order valence-electron chi connectivity index (χ2n) is 7.50. The molecule has 1 aliphatic heterocycles. The lowest BCUT2D eigenvalue weighted by Gasteiger charge is -2.18. The molecule has 1 heterocycles. The van der Waals surface area contributed by atoms with Crippen molar-refractivity contribution in [3.05, 3.63) is 77.9 Å². The average molecular weight is 360 g/mol. The van der Waals surface area contributed by atoms with E-state index in [2.05, 4.69) is 38.1 Å². The van der Waals surface area contributed by atoms with Gasteiger partial charge < -0.3 is 14.2 Å². The van der Waals surface area contributed by atoms with Crippen molar-refractivity contribution in [3.8, 4) is 28.4 Å². The van der Waals surface area contributed by atoms with Crippen molar-refractivity contribution in [2.75, 3.05) is 7.11 Å². The highest BCUT2D eigenvalue weighted by molar-refractivity contribution is 5.69. The summed E-state index contributed by atoms with van der Waals surface area (Å²) >= 11 is 0. The summed E-state index contributed by atoms with van der Waals surface area (Å²) in [7, 11) is 1.69. The van der Waals surface area contributed by atoms with Gasteiger partial charge in [-0.15, -0.1) is 0 Å². The van der Waals surface area contributed by atoms with Crippen molar-refractivity contribution in [1.82, 2.24) is 0 Å². The molecular weight excluding hydrogens is 336 g/mol. The molecule has 27 heavy (non-hydrogen) atoms. The van der Waals surface area contributed by atoms with Crippen LogP contribution in [0.25, 0.3) is 11.1 Å². The average Bonchev–Trinajstić information content (AvgIpc) is 3.00. The van der Waals surface area contributed by atoms with Crippen LogP contribution in [0, 0.1) is 0 Å². The largest absolute Gasteiger partial charge is 0.497 e. The number of benzene rings is 3. The van der Waals surface area contributed by atoms with E-state index in [4.69, 9.17) is 14.2 Å². The Hall–Kier alpha value is -2.94. The molecule has 0 aliphatic carbocycles. The van der Waals surface area contributed by atoms with Gasteiger partial charge in [-0.3, -0.25) is 0 Å². The standard InChI is InChI=1S/C24H24O3/c1-24(2)15-19-12-18(17-8-7-11-22(14-17)25-3)13-20(23(19)27-24)16-26-21-9-5-4-6-10-21/h4-14H,15-16H2,1-3H3. The molecule has 0 bridgehead atoms. The Bertz CT molecular complexity index is 945. The van der Waals surface area contributed by atoms with Gasteiger partial charge in [-0.1, -0.05) is 30.3 Å². The molecule has 4 rings (SSSR count). The number of hydrogen-bond donors (Lipinski definition) is 0. The molecular formula is C24H24O3. The molecule has 3 nitrogen and oxygen atoms in total. The molecule has 0 saturated carbocycles. The number of ether oxygens (including phenoxy) is 3. The summed E-state index contributed by atoms with van der Waals surface area (Å²) in [4.78, 5) is 0. The molecule has 0 radical (unpaired) electrons. The van der Waals surface area contributed by atoms with E-state index in [1.54, 1.807) is 7.11 Å². The van der Waals surface area contributed by atoms with Crippen LogP contribution in [0.2, 0.25) is 0 Å². The summed E-state index contributed by atoms with van der Waals surface area (Å²) < 4.78 is 17.6.